The first kappa shape index (κ1) is 14.1. The van der Waals surface area contributed by atoms with Gasteiger partial charge in [0.2, 0.25) is 6.79 Å². The highest BCUT2D eigenvalue weighted by Crippen LogP contribution is 2.39. The van der Waals surface area contributed by atoms with Gasteiger partial charge in [0.1, 0.15) is 0 Å². The van der Waals surface area contributed by atoms with Crippen molar-refractivity contribution in [3.63, 3.8) is 0 Å². The molecular weight excluding hydrogens is 271 g/mol. The van der Waals surface area contributed by atoms with Gasteiger partial charge < -0.3 is 14.9 Å². The van der Waals surface area contributed by atoms with Crippen LogP contribution in [0.5, 0.6) is 0 Å². The Hall–Kier alpha value is -1.27. The quantitative estimate of drug-likeness (QED) is 0.459. The molecule has 2 heterocycles. The zero-order valence-electron chi connectivity index (χ0n) is 10.5. The number of nitrogens with zero attached hydrogens (tertiary/aromatic N) is 1. The van der Waals surface area contributed by atoms with Gasteiger partial charge in [0.15, 0.2) is 5.44 Å². The van der Waals surface area contributed by atoms with Crippen molar-refractivity contribution in [2.45, 2.75) is 19.9 Å². The van der Waals surface area contributed by atoms with Gasteiger partial charge in [-0.2, -0.15) is 0 Å². The summed E-state index contributed by atoms with van der Waals surface area (Å²) >= 11 is 0. The lowest BCUT2D eigenvalue weighted by Gasteiger charge is -2.18. The lowest BCUT2D eigenvalue weighted by Crippen LogP contribution is -2.27. The highest BCUT2D eigenvalue weighted by atomic mass is 31.2. The Balaban J connectivity index is 2.11. The van der Waals surface area contributed by atoms with Gasteiger partial charge in [-0.1, -0.05) is 6.07 Å². The summed E-state index contributed by atoms with van der Waals surface area (Å²) in [5.74, 6) is -0.579. The Morgan fingerprint density at radius 2 is 2.37 bits per heavy atom. The molecule has 2 rings (SSSR count). The van der Waals surface area contributed by atoms with Crippen LogP contribution in [0.2, 0.25) is 0 Å². The van der Waals surface area contributed by atoms with Crippen LogP contribution in [0.1, 0.15) is 18.2 Å². The molecule has 104 valence electrons. The molecule has 0 amide bonds. The van der Waals surface area contributed by atoms with E-state index in [9.17, 15) is 14.3 Å². The third kappa shape index (κ3) is 3.61. The Labute approximate surface area is 110 Å². The minimum absolute atomic E-state index is 0.0275. The molecule has 8 heteroatoms. The number of ether oxygens (including phenoxy) is 1. The lowest BCUT2D eigenvalue weighted by molar-refractivity contribution is -0.147. The average Bonchev–Trinajstić information content (AvgIpc) is 2.37. The average molecular weight is 286 g/mol. The number of aromatic nitrogens is 1. The summed E-state index contributed by atoms with van der Waals surface area (Å²) in [7, 11) is -4.06. The van der Waals surface area contributed by atoms with Gasteiger partial charge in [0.05, 0.1) is 0 Å². The van der Waals surface area contributed by atoms with Gasteiger partial charge in [0, 0.05) is 32.1 Å². The molecule has 1 aliphatic heterocycles. The molecule has 1 unspecified atom stereocenters. The normalized spacial score (nSPS) is 17.4. The molecule has 0 aromatic carbocycles. The van der Waals surface area contributed by atoms with Crippen LogP contribution in [0.3, 0.4) is 0 Å². The summed E-state index contributed by atoms with van der Waals surface area (Å²) in [6, 6.07) is 3.21. The van der Waals surface area contributed by atoms with Gasteiger partial charge in [-0.3, -0.25) is 13.9 Å². The topological polar surface area (TPSA) is 97.8 Å². The van der Waals surface area contributed by atoms with E-state index in [2.05, 4.69) is 15.0 Å². The third-order valence-electron chi connectivity index (χ3n) is 2.69. The predicted molar refractivity (Wildman–Crippen MR) is 66.8 cm³/mol. The van der Waals surface area contributed by atoms with Gasteiger partial charge in [-0.05, 0) is 11.6 Å². The number of rotatable bonds is 4. The molecule has 0 saturated heterocycles. The van der Waals surface area contributed by atoms with Crippen molar-refractivity contribution < 1.29 is 23.5 Å². The van der Waals surface area contributed by atoms with Crippen LogP contribution >= 0.6 is 7.60 Å². The number of carbonyl (C=O) groups excluding carboxylic acids is 1. The Kier molecular flexibility index (Phi) is 4.31. The van der Waals surface area contributed by atoms with Crippen molar-refractivity contribution in [2.24, 2.45) is 0 Å². The standard InChI is InChI=1S/C11H15N2O5P/c1-8(14)17-7-18-19(15,16)11-3-2-9-6-12-5-4-10(9)13-11/h2-3,12H,4-7H2,1H3,(H,15,16). The van der Waals surface area contributed by atoms with Crippen molar-refractivity contribution in [2.75, 3.05) is 13.3 Å². The lowest BCUT2D eigenvalue weighted by atomic mass is 10.1. The van der Waals surface area contributed by atoms with Crippen molar-refractivity contribution in [1.29, 1.82) is 0 Å². The summed E-state index contributed by atoms with van der Waals surface area (Å²) in [5, 5.41) is 3.19. The molecule has 0 fully saturated rings. The number of pyridine rings is 1. The van der Waals surface area contributed by atoms with E-state index in [1.54, 1.807) is 6.07 Å². The summed E-state index contributed by atoms with van der Waals surface area (Å²) < 4.78 is 21.1. The fourth-order valence-electron chi connectivity index (χ4n) is 1.73. The van der Waals surface area contributed by atoms with Crippen LogP contribution < -0.4 is 10.8 Å². The molecule has 7 nitrogen and oxygen atoms in total. The minimum Gasteiger partial charge on any atom is -0.438 e. The zero-order chi connectivity index (χ0) is 13.9. The maximum atomic E-state index is 11.9. The predicted octanol–water partition coefficient (Wildman–Crippen LogP) is 0.0752. The second-order valence-electron chi connectivity index (χ2n) is 4.11. The number of nitrogens with one attached hydrogen (secondary N) is 1. The van der Waals surface area contributed by atoms with Gasteiger partial charge in [-0.25, -0.2) is 4.98 Å². The molecule has 1 aliphatic rings. The van der Waals surface area contributed by atoms with E-state index in [0.29, 0.717) is 13.0 Å². The van der Waals surface area contributed by atoms with Gasteiger partial charge >= 0.3 is 13.6 Å². The van der Waals surface area contributed by atoms with Crippen molar-refractivity contribution >= 4 is 19.0 Å². The van der Waals surface area contributed by atoms with E-state index in [1.807, 2.05) is 0 Å². The Morgan fingerprint density at radius 3 is 3.11 bits per heavy atom. The Morgan fingerprint density at radius 1 is 1.58 bits per heavy atom. The zero-order valence-corrected chi connectivity index (χ0v) is 11.4. The van der Waals surface area contributed by atoms with Crippen molar-refractivity contribution in [3.05, 3.63) is 23.4 Å². The molecule has 1 aromatic heterocycles. The molecule has 1 atom stereocenters. The van der Waals surface area contributed by atoms with E-state index < -0.39 is 20.4 Å². The van der Waals surface area contributed by atoms with E-state index >= 15 is 0 Å². The first-order valence-corrected chi connectivity index (χ1v) is 7.37. The van der Waals surface area contributed by atoms with Crippen molar-refractivity contribution in [1.82, 2.24) is 10.3 Å². The fourth-order valence-corrected chi connectivity index (χ4v) is 2.57. The summed E-state index contributed by atoms with van der Waals surface area (Å²) in [4.78, 5) is 24.5. The second-order valence-corrected chi connectivity index (χ2v) is 5.86. The van der Waals surface area contributed by atoms with E-state index in [4.69, 9.17) is 4.52 Å². The number of fused-ring (bicyclic) bond motifs is 1. The molecule has 0 saturated carbocycles. The number of esters is 1. The van der Waals surface area contributed by atoms with Crippen LogP contribution in [0.25, 0.3) is 0 Å². The van der Waals surface area contributed by atoms with Crippen LogP contribution in [0.4, 0.5) is 0 Å². The smallest absolute Gasteiger partial charge is 0.379 e. The number of hydrogen-bond acceptors (Lipinski definition) is 6. The highest BCUT2D eigenvalue weighted by Gasteiger charge is 2.26. The van der Waals surface area contributed by atoms with E-state index in [1.165, 1.54) is 13.0 Å². The van der Waals surface area contributed by atoms with Crippen LogP contribution in [-0.4, -0.2) is 29.2 Å². The maximum absolute atomic E-state index is 11.9. The third-order valence-corrected chi connectivity index (χ3v) is 3.97. The van der Waals surface area contributed by atoms with E-state index in [0.717, 1.165) is 17.8 Å². The minimum atomic E-state index is -4.06. The van der Waals surface area contributed by atoms with E-state index in [-0.39, 0.29) is 5.44 Å². The van der Waals surface area contributed by atoms with Gasteiger partial charge in [-0.15, -0.1) is 0 Å². The van der Waals surface area contributed by atoms with Crippen LogP contribution in [0.15, 0.2) is 12.1 Å². The highest BCUT2D eigenvalue weighted by molar-refractivity contribution is 7.60. The molecule has 0 spiro atoms. The molecule has 0 aliphatic carbocycles. The maximum Gasteiger partial charge on any atom is 0.379 e. The largest absolute Gasteiger partial charge is 0.438 e. The molecular formula is C11H15N2O5P. The molecule has 0 bridgehead atoms. The first-order valence-electron chi connectivity index (χ1n) is 5.80. The number of carbonyl (C=O) groups is 1. The SMILES string of the molecule is CC(=O)OCOP(=O)(O)c1ccc2c(n1)CCNC2. The second kappa shape index (κ2) is 5.79. The number of hydrogen-bond donors (Lipinski definition) is 2. The van der Waals surface area contributed by atoms with Crippen LogP contribution in [-0.2, 0) is 31.6 Å². The van der Waals surface area contributed by atoms with Crippen LogP contribution in [0, 0.1) is 0 Å². The first-order chi connectivity index (χ1) is 8.99. The molecule has 1 aromatic rings. The fraction of sp³-hybridized carbons (Fsp3) is 0.455. The Bertz CT molecular complexity index is 534. The molecule has 0 radical (unpaired) electrons. The summed E-state index contributed by atoms with van der Waals surface area (Å²) in [6.07, 6.45) is 0.702. The summed E-state index contributed by atoms with van der Waals surface area (Å²) in [6.45, 7) is 2.11. The monoisotopic (exact) mass is 286 g/mol. The van der Waals surface area contributed by atoms with Crippen molar-refractivity contribution in [3.8, 4) is 0 Å². The molecule has 2 N–H and O–H groups in total. The molecule has 19 heavy (non-hydrogen) atoms. The van der Waals surface area contributed by atoms with Gasteiger partial charge in [0.25, 0.3) is 0 Å². The summed E-state index contributed by atoms with van der Waals surface area (Å²) in [5.41, 5.74) is 1.77.